The van der Waals surface area contributed by atoms with Crippen LogP contribution >= 0.6 is 0 Å². The van der Waals surface area contributed by atoms with E-state index in [1.165, 1.54) is 5.57 Å². The largest absolute Gasteiger partial charge is 0.480 e. The molecule has 0 aliphatic heterocycles. The van der Waals surface area contributed by atoms with Gasteiger partial charge in [0.2, 0.25) is 5.91 Å². The molecule has 4 saturated carbocycles. The lowest BCUT2D eigenvalue weighted by molar-refractivity contribution is -0.202. The van der Waals surface area contributed by atoms with Crippen LogP contribution in [0.15, 0.2) is 11.6 Å². The number of nitrogens with one attached hydrogen (secondary N) is 1. The molecule has 0 bridgehead atoms. The maximum atomic E-state index is 14.5. The third-order valence-corrected chi connectivity index (χ3v) is 14.3. The van der Waals surface area contributed by atoms with Gasteiger partial charge >= 0.3 is 5.97 Å². The number of rotatable bonds is 4. The van der Waals surface area contributed by atoms with Crippen molar-refractivity contribution in [3.8, 4) is 0 Å². The van der Waals surface area contributed by atoms with Crippen LogP contribution in [-0.4, -0.2) is 40.0 Å². The van der Waals surface area contributed by atoms with E-state index in [2.05, 4.69) is 46.9 Å². The van der Waals surface area contributed by atoms with E-state index in [0.717, 1.165) is 51.4 Å². The van der Waals surface area contributed by atoms with Gasteiger partial charge < -0.3 is 15.5 Å². The lowest BCUT2D eigenvalue weighted by atomic mass is 9.33. The highest BCUT2D eigenvalue weighted by Gasteiger charge is 2.70. The molecule has 3 N–H and O–H groups in total. The molecule has 6 heteroatoms. The number of aliphatic carboxylic acids is 1. The number of aliphatic hydroxyl groups excluding tert-OH is 1. The number of ketones is 1. The number of carboxylic acid groups (broad SMARTS) is 1. The highest BCUT2D eigenvalue weighted by atomic mass is 16.4. The average Bonchev–Trinajstić information content (AvgIpc) is 2.86. The zero-order valence-electron chi connectivity index (χ0n) is 27.0. The lowest BCUT2D eigenvalue weighted by Gasteiger charge is -2.70. The molecular weight excluding hydrogens is 514 g/mol. The van der Waals surface area contributed by atoms with Crippen molar-refractivity contribution in [2.75, 3.05) is 0 Å². The maximum Gasteiger partial charge on any atom is 0.326 e. The Kier molecular flexibility index (Phi) is 7.05. The zero-order valence-corrected chi connectivity index (χ0v) is 27.0. The van der Waals surface area contributed by atoms with Gasteiger partial charge in [-0.15, -0.1) is 0 Å². The van der Waals surface area contributed by atoms with E-state index in [0.29, 0.717) is 12.3 Å². The molecule has 5 aliphatic carbocycles. The first-order chi connectivity index (χ1) is 18.8. The van der Waals surface area contributed by atoms with Crippen molar-refractivity contribution in [3.05, 3.63) is 11.6 Å². The van der Waals surface area contributed by atoms with Crippen molar-refractivity contribution in [1.82, 2.24) is 5.32 Å². The Bertz CT molecular complexity index is 1170. The Labute approximate surface area is 247 Å². The second kappa shape index (κ2) is 9.40. The Morgan fingerprint density at radius 2 is 1.56 bits per heavy atom. The Morgan fingerprint density at radius 1 is 0.927 bits per heavy atom. The zero-order chi connectivity index (χ0) is 30.6. The molecule has 6 nitrogen and oxygen atoms in total. The average molecular weight is 570 g/mol. The molecule has 0 unspecified atom stereocenters. The summed E-state index contributed by atoms with van der Waals surface area (Å²) < 4.78 is 0. The van der Waals surface area contributed by atoms with Crippen molar-refractivity contribution in [1.29, 1.82) is 0 Å². The molecule has 10 atom stereocenters. The number of fused-ring (bicyclic) bond motifs is 7. The van der Waals surface area contributed by atoms with E-state index in [9.17, 15) is 24.6 Å². The van der Waals surface area contributed by atoms with E-state index in [1.807, 2.05) is 26.8 Å². The minimum absolute atomic E-state index is 0.0247. The smallest absolute Gasteiger partial charge is 0.326 e. The van der Waals surface area contributed by atoms with Crippen LogP contribution in [0.4, 0.5) is 0 Å². The number of hydrogen-bond acceptors (Lipinski definition) is 4. The van der Waals surface area contributed by atoms with Crippen LogP contribution in [-0.2, 0) is 14.4 Å². The highest BCUT2D eigenvalue weighted by molar-refractivity contribution is 5.96. The molecule has 1 amide bonds. The summed E-state index contributed by atoms with van der Waals surface area (Å²) in [6.45, 7) is 19.6. The van der Waals surface area contributed by atoms with Gasteiger partial charge in [-0.25, -0.2) is 4.79 Å². The van der Waals surface area contributed by atoms with Gasteiger partial charge in [0, 0.05) is 11.3 Å². The summed E-state index contributed by atoms with van der Waals surface area (Å²) in [5.41, 5.74) is -0.0856. The molecule has 0 aromatic rings. The Hall–Kier alpha value is -1.69. The van der Waals surface area contributed by atoms with E-state index in [1.54, 1.807) is 0 Å². The summed E-state index contributed by atoms with van der Waals surface area (Å²) in [6, 6.07) is -0.909. The summed E-state index contributed by atoms with van der Waals surface area (Å²) >= 11 is 0. The quantitative estimate of drug-likeness (QED) is 0.356. The molecule has 0 saturated heterocycles. The van der Waals surface area contributed by atoms with Gasteiger partial charge in [0.1, 0.15) is 6.04 Å². The lowest BCUT2D eigenvalue weighted by Crippen LogP contribution is -2.66. The van der Waals surface area contributed by atoms with Gasteiger partial charge in [-0.05, 0) is 109 Å². The highest BCUT2D eigenvalue weighted by Crippen LogP contribution is 2.75. The first-order valence-corrected chi connectivity index (χ1v) is 16.2. The summed E-state index contributed by atoms with van der Waals surface area (Å²) in [6.07, 6.45) is 9.72. The van der Waals surface area contributed by atoms with Crippen LogP contribution < -0.4 is 5.32 Å². The molecule has 0 aromatic carbocycles. The molecule has 0 spiro atoms. The van der Waals surface area contributed by atoms with E-state index in [-0.39, 0.29) is 62.6 Å². The molecule has 0 radical (unpaired) electrons. The minimum Gasteiger partial charge on any atom is -0.480 e. The Morgan fingerprint density at radius 3 is 2.17 bits per heavy atom. The number of carboxylic acids is 1. The summed E-state index contributed by atoms with van der Waals surface area (Å²) in [4.78, 5) is 40.1. The molecule has 0 heterocycles. The number of hydrogen-bond donors (Lipinski definition) is 3. The van der Waals surface area contributed by atoms with Gasteiger partial charge in [-0.1, -0.05) is 67.9 Å². The van der Waals surface area contributed by atoms with Crippen LogP contribution in [0.25, 0.3) is 0 Å². The monoisotopic (exact) mass is 569 g/mol. The van der Waals surface area contributed by atoms with Crippen LogP contribution in [0.2, 0.25) is 0 Å². The van der Waals surface area contributed by atoms with Crippen LogP contribution in [0.1, 0.15) is 120 Å². The molecule has 4 fully saturated rings. The van der Waals surface area contributed by atoms with Crippen LogP contribution in [0.5, 0.6) is 0 Å². The fourth-order valence-electron chi connectivity index (χ4n) is 11.2. The predicted molar refractivity (Wildman–Crippen MR) is 160 cm³/mol. The number of carbonyl (C=O) groups is 3. The summed E-state index contributed by atoms with van der Waals surface area (Å²) in [5, 5.41) is 23.6. The fourth-order valence-corrected chi connectivity index (χ4v) is 11.2. The first kappa shape index (κ1) is 30.8. The van der Waals surface area contributed by atoms with E-state index < -0.39 is 17.4 Å². The number of aliphatic hydroxyl groups is 1. The second-order valence-electron chi connectivity index (χ2n) is 17.2. The Balaban J connectivity index is 1.53. The molecular formula is C35H55NO5. The van der Waals surface area contributed by atoms with Crippen molar-refractivity contribution in [2.45, 2.75) is 132 Å². The van der Waals surface area contributed by atoms with Gasteiger partial charge in [0.05, 0.1) is 6.10 Å². The molecule has 5 aliphatic rings. The van der Waals surface area contributed by atoms with Crippen molar-refractivity contribution in [3.63, 3.8) is 0 Å². The molecule has 230 valence electrons. The normalized spacial score (nSPS) is 47.7. The van der Waals surface area contributed by atoms with Gasteiger partial charge in [0.15, 0.2) is 5.78 Å². The van der Waals surface area contributed by atoms with Crippen LogP contribution in [0, 0.1) is 56.2 Å². The van der Waals surface area contributed by atoms with Crippen molar-refractivity contribution in [2.24, 2.45) is 56.2 Å². The van der Waals surface area contributed by atoms with E-state index >= 15 is 0 Å². The summed E-state index contributed by atoms with van der Waals surface area (Å²) in [5.74, 6) is -0.765. The third kappa shape index (κ3) is 4.15. The minimum atomic E-state index is -0.995. The van der Waals surface area contributed by atoms with Gasteiger partial charge in [0.25, 0.3) is 0 Å². The predicted octanol–water partition coefficient (Wildman–Crippen LogP) is 6.55. The van der Waals surface area contributed by atoms with Gasteiger partial charge in [-0.3, -0.25) is 9.59 Å². The standard InChI is InChI=1S/C35H55NO5/c1-20(2)26(28(39)40)36-29(41)32(6)15-14-31(5)16-17-34(8)21(22(31)19-32)18-23(37)27-33(7)12-11-25(38)30(3,4)24(33)10-13-35(27,34)9/h18,20,22,24-27,38H,10-17,19H2,1-9H3,(H,36,41)(H,39,40)/t22-,24-,25-,26-,27+,31+,32-,33-,34+,35+/m0/s1. The van der Waals surface area contributed by atoms with E-state index in [4.69, 9.17) is 0 Å². The third-order valence-electron chi connectivity index (χ3n) is 14.3. The SMILES string of the molecule is CC(C)[C@H](NC(=O)[C@@]1(C)CC[C@]2(C)CC[C@]3(C)C(=CC(=O)[C@@H]4[C@@]5(C)CC[C@H](O)C(C)(C)[C@@H]5CC[C@]43C)[C@@H]2C1)C(=O)O. The molecule has 0 aromatic heterocycles. The van der Waals surface area contributed by atoms with Crippen LogP contribution in [0.3, 0.4) is 0 Å². The number of amides is 1. The second-order valence-corrected chi connectivity index (χ2v) is 17.2. The molecule has 5 rings (SSSR count). The maximum absolute atomic E-state index is 14.5. The number of carbonyl (C=O) groups excluding carboxylic acids is 2. The summed E-state index contributed by atoms with van der Waals surface area (Å²) in [7, 11) is 0. The van der Waals surface area contributed by atoms with Crippen molar-refractivity contribution >= 4 is 17.7 Å². The van der Waals surface area contributed by atoms with Gasteiger partial charge in [-0.2, -0.15) is 0 Å². The first-order valence-electron chi connectivity index (χ1n) is 16.2. The molecule has 41 heavy (non-hydrogen) atoms. The fraction of sp³-hybridized carbons (Fsp3) is 0.857. The topological polar surface area (TPSA) is 104 Å². The number of allylic oxidation sites excluding steroid dienone is 2. The van der Waals surface area contributed by atoms with Crippen molar-refractivity contribution < 1.29 is 24.6 Å².